The fourth-order valence-electron chi connectivity index (χ4n) is 2.22. The number of phosphoric ester groups is 1. The molecule has 1 N–H and O–H groups in total. The largest absolute Gasteiger partial charge is 0.472 e. The zero-order chi connectivity index (χ0) is 17.6. The van der Waals surface area contributed by atoms with E-state index in [0.29, 0.717) is 6.42 Å². The Hall–Kier alpha value is -1.63. The maximum Gasteiger partial charge on any atom is 0.472 e. The second-order valence-corrected chi connectivity index (χ2v) is 7.18. The van der Waals surface area contributed by atoms with E-state index in [4.69, 9.17) is 9.05 Å². The van der Waals surface area contributed by atoms with Crippen molar-refractivity contribution in [1.29, 1.82) is 0 Å². The zero-order valence-corrected chi connectivity index (χ0v) is 15.2. The highest BCUT2D eigenvalue weighted by molar-refractivity contribution is 7.47. The standard InChI is InChI=1S/C19H23O4P/c1-4-16-5-9-18(10-6-16)19-11-7-17(8-12-19)13-14-22-24(20,21)23-15(2)3/h5,7-9,11-12,15H,4,13-14H2,1-3H3,(H,20,21). The van der Waals surface area contributed by atoms with Crippen LogP contribution in [0.1, 0.15) is 31.9 Å². The van der Waals surface area contributed by atoms with Crippen LogP contribution in [0.15, 0.2) is 36.4 Å². The molecule has 0 fully saturated rings. The lowest BCUT2D eigenvalue weighted by molar-refractivity contribution is 0.122. The maximum atomic E-state index is 11.6. The Morgan fingerprint density at radius 1 is 1.12 bits per heavy atom. The van der Waals surface area contributed by atoms with Gasteiger partial charge < -0.3 is 4.89 Å². The van der Waals surface area contributed by atoms with E-state index in [2.05, 4.69) is 25.1 Å². The van der Waals surface area contributed by atoms with Crippen LogP contribution in [0.4, 0.5) is 0 Å². The van der Waals surface area contributed by atoms with Gasteiger partial charge in [0.1, 0.15) is 0 Å². The molecule has 2 aromatic rings. The Morgan fingerprint density at radius 2 is 1.83 bits per heavy atom. The lowest BCUT2D eigenvalue weighted by Gasteiger charge is -2.14. The summed E-state index contributed by atoms with van der Waals surface area (Å²) in [4.78, 5) is 9.50. The number of benzene rings is 1. The summed E-state index contributed by atoms with van der Waals surface area (Å²) in [5.74, 6) is 0. The molecule has 0 heterocycles. The number of hydrogen-bond donors (Lipinski definition) is 1. The van der Waals surface area contributed by atoms with E-state index in [1.165, 1.54) is 0 Å². The molecule has 0 saturated heterocycles. The fraction of sp³-hybridized carbons (Fsp3) is 0.368. The Bertz CT molecular complexity index is 678. The Labute approximate surface area is 144 Å². The van der Waals surface area contributed by atoms with Gasteiger partial charge in [-0.25, -0.2) is 4.57 Å². The summed E-state index contributed by atoms with van der Waals surface area (Å²) in [7, 11) is -3.96. The van der Waals surface area contributed by atoms with Crippen LogP contribution in [-0.2, 0) is 26.5 Å². The molecule has 0 saturated carbocycles. The molecule has 2 aromatic carbocycles. The topological polar surface area (TPSA) is 55.8 Å². The van der Waals surface area contributed by atoms with Gasteiger partial charge in [-0.3, -0.25) is 9.05 Å². The molecule has 0 aliphatic carbocycles. The third kappa shape index (κ3) is 5.78. The fourth-order valence-corrected chi connectivity index (χ4v) is 3.13. The molecular weight excluding hydrogens is 323 g/mol. The van der Waals surface area contributed by atoms with Crippen LogP contribution in [0.5, 0.6) is 0 Å². The molecular formula is C19H23O4P. The van der Waals surface area contributed by atoms with Crippen molar-refractivity contribution in [3.8, 4) is 11.1 Å². The van der Waals surface area contributed by atoms with E-state index in [1.54, 1.807) is 13.8 Å². The van der Waals surface area contributed by atoms with Gasteiger partial charge in [0.25, 0.3) is 0 Å². The number of rotatable bonds is 8. The number of phosphoric acid groups is 1. The van der Waals surface area contributed by atoms with E-state index < -0.39 is 7.82 Å². The minimum absolute atomic E-state index is 0.130. The first kappa shape index (κ1) is 18.7. The monoisotopic (exact) mass is 346 g/mol. The zero-order valence-electron chi connectivity index (χ0n) is 14.3. The number of aryl methyl sites for hydroxylation is 1. The van der Waals surface area contributed by atoms with E-state index in [-0.39, 0.29) is 12.7 Å². The summed E-state index contributed by atoms with van der Waals surface area (Å²) in [5, 5.41) is 0. The van der Waals surface area contributed by atoms with E-state index in [9.17, 15) is 9.46 Å². The summed E-state index contributed by atoms with van der Waals surface area (Å²) in [6.45, 7) is 5.59. The molecule has 1 atom stereocenters. The molecule has 0 spiro atoms. The van der Waals surface area contributed by atoms with Gasteiger partial charge in [-0.05, 0) is 49.9 Å². The van der Waals surface area contributed by atoms with Gasteiger partial charge >= 0.3 is 7.82 Å². The smallest absolute Gasteiger partial charge is 0.302 e. The van der Waals surface area contributed by atoms with Crippen LogP contribution >= 0.6 is 7.82 Å². The van der Waals surface area contributed by atoms with Gasteiger partial charge in [0.15, 0.2) is 0 Å². The van der Waals surface area contributed by atoms with Crippen molar-refractivity contribution in [1.82, 2.24) is 0 Å². The highest BCUT2D eigenvalue weighted by Crippen LogP contribution is 2.44. The van der Waals surface area contributed by atoms with Gasteiger partial charge in [-0.15, -0.1) is 0 Å². The minimum Gasteiger partial charge on any atom is -0.302 e. The number of hydrogen-bond acceptors (Lipinski definition) is 3. The van der Waals surface area contributed by atoms with Gasteiger partial charge in [0.05, 0.1) is 12.7 Å². The molecule has 2 rings (SSSR count). The molecule has 128 valence electrons. The normalized spacial score (nSPS) is 13.5. The second kappa shape index (κ2) is 8.46. The van der Waals surface area contributed by atoms with Crippen LogP contribution in [0.2, 0.25) is 0 Å². The van der Waals surface area contributed by atoms with Crippen LogP contribution in [0.3, 0.4) is 0 Å². The maximum absolute atomic E-state index is 11.6. The summed E-state index contributed by atoms with van der Waals surface area (Å²) >= 11 is 0. The average Bonchev–Trinajstić information content (AvgIpc) is 2.54. The van der Waals surface area contributed by atoms with E-state index in [0.717, 1.165) is 28.7 Å². The van der Waals surface area contributed by atoms with E-state index in [1.807, 2.05) is 30.3 Å². The van der Waals surface area contributed by atoms with Crippen LogP contribution in [0.25, 0.3) is 11.1 Å². The predicted molar refractivity (Wildman–Crippen MR) is 94.6 cm³/mol. The molecule has 24 heavy (non-hydrogen) atoms. The van der Waals surface area contributed by atoms with Crippen LogP contribution in [-0.4, -0.2) is 17.6 Å². The summed E-state index contributed by atoms with van der Waals surface area (Å²) in [6, 6.07) is 18.4. The predicted octanol–water partition coefficient (Wildman–Crippen LogP) is 4.60. The van der Waals surface area contributed by atoms with Gasteiger partial charge in [-0.2, -0.15) is 0 Å². The summed E-state index contributed by atoms with van der Waals surface area (Å²) in [5.41, 5.74) is 4.23. The quantitative estimate of drug-likeness (QED) is 0.710. The summed E-state index contributed by atoms with van der Waals surface area (Å²) < 4.78 is 21.4. The third-order valence-corrected chi connectivity index (χ3v) is 4.64. The van der Waals surface area contributed by atoms with Gasteiger partial charge in [-0.1, -0.05) is 43.3 Å². The van der Waals surface area contributed by atoms with Gasteiger partial charge in [0, 0.05) is 11.1 Å². The molecule has 0 radical (unpaired) electrons. The lowest BCUT2D eigenvalue weighted by Crippen LogP contribution is -2.04. The van der Waals surface area contributed by atoms with Crippen molar-refractivity contribution in [2.45, 2.75) is 39.7 Å². The highest BCUT2D eigenvalue weighted by atomic mass is 31.2. The third-order valence-electron chi connectivity index (χ3n) is 3.44. The molecule has 0 bridgehead atoms. The Kier molecular flexibility index (Phi) is 6.60. The van der Waals surface area contributed by atoms with Crippen molar-refractivity contribution in [2.75, 3.05) is 6.61 Å². The first-order valence-electron chi connectivity index (χ1n) is 8.07. The van der Waals surface area contributed by atoms with Crippen molar-refractivity contribution >= 4 is 7.82 Å². The first-order valence-corrected chi connectivity index (χ1v) is 9.57. The van der Waals surface area contributed by atoms with Gasteiger partial charge in [0.2, 0.25) is 0 Å². The van der Waals surface area contributed by atoms with Crippen LogP contribution in [0, 0.1) is 12.1 Å². The van der Waals surface area contributed by atoms with Crippen LogP contribution < -0.4 is 0 Å². The van der Waals surface area contributed by atoms with Crippen molar-refractivity contribution < 1.29 is 18.5 Å². The lowest BCUT2D eigenvalue weighted by atomic mass is 10.0. The molecule has 0 aliphatic rings. The highest BCUT2D eigenvalue weighted by Gasteiger charge is 2.22. The summed E-state index contributed by atoms with van der Waals surface area (Å²) in [6.07, 6.45) is 1.13. The van der Waals surface area contributed by atoms with Crippen molar-refractivity contribution in [3.63, 3.8) is 0 Å². The molecule has 4 nitrogen and oxygen atoms in total. The average molecular weight is 346 g/mol. The molecule has 0 amide bonds. The van der Waals surface area contributed by atoms with Crippen molar-refractivity contribution in [2.24, 2.45) is 0 Å². The SMILES string of the molecule is CCc1c#cc(-c2ccc(CCOP(=O)(O)OC(C)C)cc2)cc1. The van der Waals surface area contributed by atoms with Crippen molar-refractivity contribution in [3.05, 3.63) is 59.7 Å². The second-order valence-electron chi connectivity index (χ2n) is 5.78. The molecule has 1 unspecified atom stereocenters. The molecule has 5 heteroatoms. The van der Waals surface area contributed by atoms with E-state index >= 15 is 0 Å². The minimum atomic E-state index is -3.96. The Balaban J connectivity index is 1.91. The first-order chi connectivity index (χ1) is 11.4. The molecule has 0 aromatic heterocycles. The molecule has 0 aliphatic heterocycles. The Morgan fingerprint density at radius 3 is 2.38 bits per heavy atom.